The van der Waals surface area contributed by atoms with E-state index in [1.165, 1.54) is 0 Å². The summed E-state index contributed by atoms with van der Waals surface area (Å²) in [5.41, 5.74) is 2.33. The van der Waals surface area contributed by atoms with E-state index in [0.717, 1.165) is 29.1 Å². The van der Waals surface area contributed by atoms with Crippen LogP contribution >= 0.6 is 11.3 Å². The average molecular weight is 409 g/mol. The van der Waals surface area contributed by atoms with Gasteiger partial charge in [-0.25, -0.2) is 4.68 Å². The maximum absolute atomic E-state index is 13.1. The van der Waals surface area contributed by atoms with Crippen LogP contribution in [0.3, 0.4) is 0 Å². The second-order valence-electron chi connectivity index (χ2n) is 7.47. The van der Waals surface area contributed by atoms with E-state index in [4.69, 9.17) is 0 Å². The summed E-state index contributed by atoms with van der Waals surface area (Å²) >= 11 is 1.60. The van der Waals surface area contributed by atoms with Crippen molar-refractivity contribution in [3.63, 3.8) is 0 Å². The summed E-state index contributed by atoms with van der Waals surface area (Å²) in [4.78, 5) is 30.4. The molecular weight excluding hydrogens is 384 g/mol. The van der Waals surface area contributed by atoms with Crippen LogP contribution in [0.5, 0.6) is 0 Å². The van der Waals surface area contributed by atoms with Crippen LogP contribution in [0.2, 0.25) is 0 Å². The van der Waals surface area contributed by atoms with Gasteiger partial charge in [-0.3, -0.25) is 9.59 Å². The lowest BCUT2D eigenvalue weighted by Crippen LogP contribution is -2.43. The van der Waals surface area contributed by atoms with Crippen LogP contribution in [-0.2, 0) is 0 Å². The van der Waals surface area contributed by atoms with Gasteiger partial charge in [0, 0.05) is 44.5 Å². The number of nitrogens with zero attached hydrogens (tertiary/aromatic N) is 4. The van der Waals surface area contributed by atoms with Crippen molar-refractivity contribution in [1.82, 2.24) is 14.7 Å². The van der Waals surface area contributed by atoms with Crippen LogP contribution < -0.4 is 10.5 Å². The summed E-state index contributed by atoms with van der Waals surface area (Å²) in [6.45, 7) is 1.19. The van der Waals surface area contributed by atoms with Crippen LogP contribution in [0.1, 0.15) is 29.2 Å². The predicted molar refractivity (Wildman–Crippen MR) is 117 cm³/mol. The first-order chi connectivity index (χ1) is 14.0. The molecule has 3 aromatic rings. The number of hydrogen-bond acceptors (Lipinski definition) is 5. The van der Waals surface area contributed by atoms with Crippen molar-refractivity contribution in [1.29, 1.82) is 0 Å². The molecule has 1 amide bonds. The van der Waals surface area contributed by atoms with Gasteiger partial charge in [0.2, 0.25) is 0 Å². The van der Waals surface area contributed by atoms with Gasteiger partial charge in [-0.1, -0.05) is 12.1 Å². The molecule has 0 spiro atoms. The number of likely N-dealkylation sites (tertiary alicyclic amines) is 1. The number of anilines is 1. The molecule has 1 fully saturated rings. The van der Waals surface area contributed by atoms with Crippen LogP contribution in [0.25, 0.3) is 10.6 Å². The van der Waals surface area contributed by atoms with E-state index in [-0.39, 0.29) is 17.5 Å². The topological polar surface area (TPSA) is 58.4 Å². The molecule has 0 N–H and O–H groups in total. The van der Waals surface area contributed by atoms with Crippen molar-refractivity contribution >= 4 is 22.9 Å². The Hall–Kier alpha value is -2.93. The molecule has 0 unspecified atom stereocenters. The number of piperidine rings is 1. The molecule has 4 rings (SSSR count). The smallest absolute Gasteiger partial charge is 0.267 e. The van der Waals surface area contributed by atoms with Crippen molar-refractivity contribution < 1.29 is 4.79 Å². The van der Waals surface area contributed by atoms with Crippen molar-refractivity contribution in [2.75, 3.05) is 32.1 Å². The highest BCUT2D eigenvalue weighted by atomic mass is 32.1. The Labute approximate surface area is 174 Å². The number of rotatable bonds is 4. The fourth-order valence-corrected chi connectivity index (χ4v) is 4.37. The van der Waals surface area contributed by atoms with Crippen molar-refractivity contribution in [3.8, 4) is 10.6 Å². The number of carbonyl (C=O) groups is 1. The number of carbonyl (C=O) groups excluding carboxylic acids is 1. The van der Waals surface area contributed by atoms with E-state index in [1.54, 1.807) is 28.2 Å². The van der Waals surface area contributed by atoms with Crippen LogP contribution in [0.4, 0.5) is 5.69 Å². The zero-order valence-corrected chi connectivity index (χ0v) is 17.4. The Morgan fingerprint density at radius 2 is 2.03 bits per heavy atom. The fraction of sp³-hybridized carbons (Fsp3) is 0.318. The highest BCUT2D eigenvalue weighted by Gasteiger charge is 2.27. The Balaban J connectivity index is 1.57. The molecule has 0 saturated carbocycles. The van der Waals surface area contributed by atoms with E-state index in [1.807, 2.05) is 65.7 Å². The molecule has 0 aliphatic carbocycles. The van der Waals surface area contributed by atoms with E-state index in [0.29, 0.717) is 18.7 Å². The van der Waals surface area contributed by atoms with Gasteiger partial charge in [0.15, 0.2) is 0 Å². The van der Waals surface area contributed by atoms with Gasteiger partial charge in [0.05, 0.1) is 10.9 Å². The highest BCUT2D eigenvalue weighted by molar-refractivity contribution is 7.13. The number of amides is 1. The Morgan fingerprint density at radius 3 is 2.79 bits per heavy atom. The van der Waals surface area contributed by atoms with Gasteiger partial charge in [-0.05, 0) is 48.6 Å². The van der Waals surface area contributed by atoms with E-state index in [2.05, 4.69) is 5.10 Å². The lowest BCUT2D eigenvalue weighted by atomic mass is 10.0. The third-order valence-corrected chi connectivity index (χ3v) is 6.13. The first-order valence-electron chi connectivity index (χ1n) is 9.73. The molecule has 150 valence electrons. The van der Waals surface area contributed by atoms with Crippen LogP contribution in [-0.4, -0.2) is 47.8 Å². The maximum atomic E-state index is 13.1. The van der Waals surface area contributed by atoms with E-state index >= 15 is 0 Å². The second kappa shape index (κ2) is 8.21. The zero-order valence-electron chi connectivity index (χ0n) is 16.6. The summed E-state index contributed by atoms with van der Waals surface area (Å²) < 4.78 is 1.56. The Bertz CT molecular complexity index is 1060. The molecule has 1 aliphatic rings. The second-order valence-corrected chi connectivity index (χ2v) is 8.42. The molecule has 2 aromatic heterocycles. The van der Waals surface area contributed by atoms with E-state index < -0.39 is 0 Å². The SMILES string of the molecule is CN(C)c1cccc(C(=O)N2CCC[C@H](n3nc(-c4cccs4)ccc3=O)C2)c1. The minimum atomic E-state index is -0.126. The van der Waals surface area contributed by atoms with Crippen LogP contribution in [0, 0.1) is 0 Å². The normalized spacial score (nSPS) is 16.6. The summed E-state index contributed by atoms with van der Waals surface area (Å²) in [7, 11) is 3.92. The lowest BCUT2D eigenvalue weighted by molar-refractivity contribution is 0.0670. The number of aromatic nitrogens is 2. The van der Waals surface area contributed by atoms with Gasteiger partial charge in [-0.2, -0.15) is 5.10 Å². The van der Waals surface area contributed by atoms with Gasteiger partial charge < -0.3 is 9.80 Å². The van der Waals surface area contributed by atoms with Gasteiger partial charge in [0.1, 0.15) is 5.69 Å². The van der Waals surface area contributed by atoms with Crippen molar-refractivity contribution in [3.05, 3.63) is 69.8 Å². The van der Waals surface area contributed by atoms with E-state index in [9.17, 15) is 9.59 Å². The maximum Gasteiger partial charge on any atom is 0.267 e. The monoisotopic (exact) mass is 408 g/mol. The first-order valence-corrected chi connectivity index (χ1v) is 10.6. The summed E-state index contributed by atoms with van der Waals surface area (Å²) in [5.74, 6) is 0.000797. The lowest BCUT2D eigenvalue weighted by Gasteiger charge is -2.33. The average Bonchev–Trinajstić information content (AvgIpc) is 3.28. The number of benzene rings is 1. The molecule has 7 heteroatoms. The third-order valence-electron chi connectivity index (χ3n) is 5.24. The Kier molecular flexibility index (Phi) is 5.49. The number of thiophene rings is 1. The minimum Gasteiger partial charge on any atom is -0.378 e. The quantitative estimate of drug-likeness (QED) is 0.663. The zero-order chi connectivity index (χ0) is 20.4. The molecule has 1 atom stereocenters. The first kappa shape index (κ1) is 19.4. The van der Waals surface area contributed by atoms with Crippen molar-refractivity contribution in [2.45, 2.75) is 18.9 Å². The van der Waals surface area contributed by atoms with Gasteiger partial charge in [-0.15, -0.1) is 11.3 Å². The molecule has 0 radical (unpaired) electrons. The summed E-state index contributed by atoms with van der Waals surface area (Å²) in [5, 5.41) is 6.61. The van der Waals surface area contributed by atoms with Crippen LogP contribution in [0.15, 0.2) is 58.7 Å². The molecule has 0 bridgehead atoms. The van der Waals surface area contributed by atoms with Gasteiger partial charge >= 0.3 is 0 Å². The molecule has 1 aliphatic heterocycles. The molecule has 29 heavy (non-hydrogen) atoms. The standard InChI is InChI=1S/C22H24N4O2S/c1-24(2)17-7-3-6-16(14-17)22(28)25-12-4-8-18(15-25)26-21(27)11-10-19(23-26)20-9-5-13-29-20/h3,5-7,9-11,13-14,18H,4,8,12,15H2,1-2H3/t18-/m0/s1. The molecule has 3 heterocycles. The summed E-state index contributed by atoms with van der Waals surface area (Å²) in [6, 6.07) is 14.8. The minimum absolute atomic E-state index is 0.000797. The van der Waals surface area contributed by atoms with Gasteiger partial charge in [0.25, 0.3) is 11.5 Å². The molecule has 1 aromatic carbocycles. The molecular formula is C22H24N4O2S. The highest BCUT2D eigenvalue weighted by Crippen LogP contribution is 2.25. The fourth-order valence-electron chi connectivity index (χ4n) is 3.68. The third kappa shape index (κ3) is 4.10. The Morgan fingerprint density at radius 1 is 1.17 bits per heavy atom. The van der Waals surface area contributed by atoms with Crippen molar-refractivity contribution in [2.24, 2.45) is 0 Å². The number of hydrogen-bond donors (Lipinski definition) is 0. The summed E-state index contributed by atoms with van der Waals surface area (Å²) in [6.07, 6.45) is 1.68. The largest absolute Gasteiger partial charge is 0.378 e. The molecule has 1 saturated heterocycles. The predicted octanol–water partition coefficient (Wildman–Crippen LogP) is 3.52. The molecule has 6 nitrogen and oxygen atoms in total.